The Morgan fingerprint density at radius 3 is 2.73 bits per heavy atom. The second-order valence-corrected chi connectivity index (χ2v) is 9.46. The number of piperidine rings is 2. The Balaban J connectivity index is 0.00000280. The molecule has 0 amide bonds. The van der Waals surface area contributed by atoms with Crippen LogP contribution in [-0.4, -0.2) is 78.4 Å². The molecule has 4 aromatic heterocycles. The van der Waals surface area contributed by atoms with Crippen LogP contribution < -0.4 is 10.6 Å². The van der Waals surface area contributed by atoms with Crippen molar-refractivity contribution in [2.75, 3.05) is 43.4 Å². The molecule has 0 radical (unpaired) electrons. The molecule has 0 bridgehead atoms. The lowest BCUT2D eigenvalue weighted by Crippen LogP contribution is -2.43. The van der Waals surface area contributed by atoms with Gasteiger partial charge in [0, 0.05) is 31.6 Å². The number of aromatic nitrogens is 6. The van der Waals surface area contributed by atoms with Gasteiger partial charge in [-0.1, -0.05) is 5.16 Å². The maximum Gasteiger partial charge on any atom is 0.374 e. The number of anilines is 2. The van der Waals surface area contributed by atoms with Crippen LogP contribution in [0.15, 0.2) is 33.4 Å². The van der Waals surface area contributed by atoms with E-state index in [1.54, 1.807) is 24.5 Å². The minimum absolute atomic E-state index is 0. The summed E-state index contributed by atoms with van der Waals surface area (Å²) < 4.78 is 11.8. The first-order valence-corrected chi connectivity index (χ1v) is 12.1. The molecule has 0 aromatic carbocycles. The first kappa shape index (κ1) is 25.0. The van der Waals surface area contributed by atoms with Crippen molar-refractivity contribution in [1.82, 2.24) is 34.6 Å². The fourth-order valence-corrected chi connectivity index (χ4v) is 5.20. The van der Waals surface area contributed by atoms with E-state index in [0.29, 0.717) is 29.2 Å². The average Bonchev–Trinajstić information content (AvgIpc) is 3.65. The Hall–Kier alpha value is -3.71. The lowest BCUT2D eigenvalue weighted by Gasteiger charge is -2.38. The molecule has 4 aromatic rings. The number of hydrogen-bond acceptors (Lipinski definition) is 11. The molecule has 2 saturated heterocycles. The third kappa shape index (κ3) is 5.09. The minimum atomic E-state index is -1.08. The molecule has 0 aliphatic carbocycles. The number of aromatic carboxylic acids is 1. The zero-order chi connectivity index (χ0) is 24.6. The van der Waals surface area contributed by atoms with Crippen LogP contribution in [0.4, 0.5) is 11.9 Å². The normalized spacial score (nSPS) is 19.2. The molecular formula is C23H28ClN9O4. The van der Waals surface area contributed by atoms with Gasteiger partial charge in [0.15, 0.2) is 5.76 Å². The number of halogens is 1. The summed E-state index contributed by atoms with van der Waals surface area (Å²) >= 11 is 0. The van der Waals surface area contributed by atoms with Crippen LogP contribution in [0.25, 0.3) is 17.4 Å². The van der Waals surface area contributed by atoms with Gasteiger partial charge in [-0.3, -0.25) is 0 Å². The number of furan rings is 1. The van der Waals surface area contributed by atoms with E-state index >= 15 is 0 Å². The molecule has 0 saturated carbocycles. The van der Waals surface area contributed by atoms with Crippen molar-refractivity contribution in [3.05, 3.63) is 35.9 Å². The molecule has 2 fully saturated rings. The van der Waals surface area contributed by atoms with E-state index in [1.165, 1.54) is 4.52 Å². The fourth-order valence-electron chi connectivity index (χ4n) is 5.20. The molecule has 13 nitrogen and oxygen atoms in total. The molecule has 37 heavy (non-hydrogen) atoms. The number of carbonyl (C=O) groups is 1. The summed E-state index contributed by atoms with van der Waals surface area (Å²) in [7, 11) is 0. The smallest absolute Gasteiger partial charge is 0.374 e. The van der Waals surface area contributed by atoms with Crippen LogP contribution in [0, 0.1) is 5.92 Å². The van der Waals surface area contributed by atoms with Crippen molar-refractivity contribution in [3.8, 4) is 11.6 Å². The van der Waals surface area contributed by atoms with E-state index in [-0.39, 0.29) is 30.0 Å². The quantitative estimate of drug-likeness (QED) is 0.375. The molecule has 1 unspecified atom stereocenters. The SMILES string of the molecule is Cl.Nc1nc(N2CCCC(CN3CCC(c4cc(C(=O)O)on4)CC3)C2)nc2nc(-c3ccco3)nn12. The van der Waals surface area contributed by atoms with Crippen LogP contribution in [0.2, 0.25) is 0 Å². The maximum absolute atomic E-state index is 11.1. The van der Waals surface area contributed by atoms with Crippen LogP contribution in [0.1, 0.15) is 47.8 Å². The second kappa shape index (κ2) is 10.3. The van der Waals surface area contributed by atoms with Crippen LogP contribution in [-0.2, 0) is 0 Å². The summed E-state index contributed by atoms with van der Waals surface area (Å²) in [6.07, 6.45) is 5.64. The van der Waals surface area contributed by atoms with Gasteiger partial charge in [-0.05, 0) is 56.8 Å². The number of nitrogens with zero attached hydrogens (tertiary/aromatic N) is 8. The van der Waals surface area contributed by atoms with E-state index < -0.39 is 5.97 Å². The Labute approximate surface area is 218 Å². The first-order valence-electron chi connectivity index (χ1n) is 12.1. The Morgan fingerprint density at radius 1 is 1.16 bits per heavy atom. The zero-order valence-corrected chi connectivity index (χ0v) is 20.9. The lowest BCUT2D eigenvalue weighted by atomic mass is 9.91. The van der Waals surface area contributed by atoms with Crippen molar-refractivity contribution in [2.24, 2.45) is 5.92 Å². The van der Waals surface area contributed by atoms with Gasteiger partial charge in [-0.2, -0.15) is 19.5 Å². The second-order valence-electron chi connectivity index (χ2n) is 9.46. The molecule has 14 heteroatoms. The van der Waals surface area contributed by atoms with E-state index in [4.69, 9.17) is 19.8 Å². The number of likely N-dealkylation sites (tertiary alicyclic amines) is 1. The Morgan fingerprint density at radius 2 is 2.00 bits per heavy atom. The lowest BCUT2D eigenvalue weighted by molar-refractivity contribution is 0.0651. The van der Waals surface area contributed by atoms with Crippen LogP contribution in [0.3, 0.4) is 0 Å². The third-order valence-electron chi connectivity index (χ3n) is 7.03. The highest BCUT2D eigenvalue weighted by Crippen LogP contribution is 2.30. The summed E-state index contributed by atoms with van der Waals surface area (Å²) in [5.74, 6) is 1.71. The molecule has 3 N–H and O–H groups in total. The number of hydrogen-bond donors (Lipinski definition) is 2. The average molecular weight is 530 g/mol. The van der Waals surface area contributed by atoms with Gasteiger partial charge in [-0.25, -0.2) is 4.79 Å². The number of fused-ring (bicyclic) bond motifs is 1. The largest absolute Gasteiger partial charge is 0.475 e. The van der Waals surface area contributed by atoms with E-state index in [2.05, 4.69) is 35.0 Å². The van der Waals surface area contributed by atoms with Gasteiger partial charge in [0.1, 0.15) is 0 Å². The fraction of sp³-hybridized carbons (Fsp3) is 0.478. The van der Waals surface area contributed by atoms with Gasteiger partial charge in [0.2, 0.25) is 23.5 Å². The highest BCUT2D eigenvalue weighted by molar-refractivity contribution is 5.85. The van der Waals surface area contributed by atoms with Crippen molar-refractivity contribution < 1.29 is 18.8 Å². The minimum Gasteiger partial charge on any atom is -0.475 e. The molecular weight excluding hydrogens is 502 g/mol. The predicted molar refractivity (Wildman–Crippen MR) is 135 cm³/mol. The Kier molecular flexibility index (Phi) is 6.98. The Bertz CT molecular complexity index is 1360. The van der Waals surface area contributed by atoms with Gasteiger partial charge in [-0.15, -0.1) is 17.5 Å². The van der Waals surface area contributed by atoms with E-state index in [0.717, 1.165) is 64.1 Å². The van der Waals surface area contributed by atoms with Gasteiger partial charge < -0.3 is 29.6 Å². The van der Waals surface area contributed by atoms with Crippen molar-refractivity contribution >= 4 is 36.1 Å². The summed E-state index contributed by atoms with van der Waals surface area (Å²) in [5.41, 5.74) is 6.93. The number of nitrogens with two attached hydrogens (primary N) is 1. The van der Waals surface area contributed by atoms with Crippen LogP contribution >= 0.6 is 12.4 Å². The highest BCUT2D eigenvalue weighted by Gasteiger charge is 2.29. The van der Waals surface area contributed by atoms with Crippen molar-refractivity contribution in [3.63, 3.8) is 0 Å². The van der Waals surface area contributed by atoms with Gasteiger partial charge >= 0.3 is 5.97 Å². The molecule has 1 atom stereocenters. The molecule has 0 spiro atoms. The number of nitrogen functional groups attached to an aromatic ring is 1. The molecule has 2 aliphatic rings. The van der Waals surface area contributed by atoms with Gasteiger partial charge in [0.05, 0.1) is 12.0 Å². The van der Waals surface area contributed by atoms with Crippen molar-refractivity contribution in [2.45, 2.75) is 31.6 Å². The number of carboxylic acid groups (broad SMARTS) is 1. The van der Waals surface area contributed by atoms with Crippen LogP contribution in [0.5, 0.6) is 0 Å². The summed E-state index contributed by atoms with van der Waals surface area (Å²) in [4.78, 5) is 29.3. The summed E-state index contributed by atoms with van der Waals surface area (Å²) in [6, 6.07) is 5.12. The van der Waals surface area contributed by atoms with E-state index in [9.17, 15) is 4.79 Å². The highest BCUT2D eigenvalue weighted by atomic mass is 35.5. The molecule has 6 heterocycles. The van der Waals surface area contributed by atoms with Gasteiger partial charge in [0.25, 0.3) is 5.78 Å². The maximum atomic E-state index is 11.1. The number of rotatable bonds is 6. The number of carboxylic acids is 1. The van der Waals surface area contributed by atoms with E-state index in [1.807, 2.05) is 0 Å². The predicted octanol–water partition coefficient (Wildman–Crippen LogP) is 2.57. The molecule has 196 valence electrons. The van der Waals surface area contributed by atoms with Crippen molar-refractivity contribution in [1.29, 1.82) is 0 Å². The first-order chi connectivity index (χ1) is 17.5. The summed E-state index contributed by atoms with van der Waals surface area (Å²) in [5, 5.41) is 17.4. The topological polar surface area (TPSA) is 165 Å². The molecule has 6 rings (SSSR count). The monoisotopic (exact) mass is 529 g/mol. The molecule has 2 aliphatic heterocycles. The zero-order valence-electron chi connectivity index (χ0n) is 20.1. The standard InChI is InChI=1S/C23H27N9O4.ClH/c24-21-26-22(27-23-25-19(28-32(21)23)17-4-2-10-35-17)31-7-1-3-14(13-31)12-30-8-5-15(6-9-30)16-11-18(20(33)34)36-29-16;/h2,4,10-11,14-15H,1,3,5-9,12-13H2,(H,33,34)(H2,24,25,26,27,28);1H. The summed E-state index contributed by atoms with van der Waals surface area (Å²) in [6.45, 7) is 4.60. The third-order valence-corrected chi connectivity index (χ3v) is 7.03.